The number of hydrogen-bond donors (Lipinski definition) is 1. The predicted molar refractivity (Wildman–Crippen MR) is 134 cm³/mol. The summed E-state index contributed by atoms with van der Waals surface area (Å²) in [5.74, 6) is 0. The zero-order valence-electron chi connectivity index (χ0n) is 17.9. The zero-order valence-corrected chi connectivity index (χ0v) is 18.7. The lowest BCUT2D eigenvalue weighted by molar-refractivity contribution is -0.104. The van der Waals surface area contributed by atoms with Crippen molar-refractivity contribution in [2.45, 2.75) is 4.90 Å². The summed E-state index contributed by atoms with van der Waals surface area (Å²) in [6.45, 7) is 7.35. The third-order valence-corrected chi connectivity index (χ3v) is 6.14. The van der Waals surface area contributed by atoms with Gasteiger partial charge in [-0.15, -0.1) is 0 Å². The molecule has 1 saturated heterocycles. The van der Waals surface area contributed by atoms with Crippen molar-refractivity contribution in [1.29, 1.82) is 0 Å². The molecule has 31 heavy (non-hydrogen) atoms. The summed E-state index contributed by atoms with van der Waals surface area (Å²) in [5, 5.41) is 3.17. The van der Waals surface area contributed by atoms with Crippen LogP contribution in [-0.4, -0.2) is 43.8 Å². The van der Waals surface area contributed by atoms with E-state index in [0.717, 1.165) is 31.9 Å². The van der Waals surface area contributed by atoms with Crippen LogP contribution in [-0.2, 0) is 4.79 Å². The minimum absolute atomic E-state index is 0.639. The Morgan fingerprint density at radius 3 is 2.13 bits per heavy atom. The number of hydrogen-bond acceptors (Lipinski definition) is 5. The van der Waals surface area contributed by atoms with Gasteiger partial charge in [-0.2, -0.15) is 0 Å². The maximum absolute atomic E-state index is 9.06. The number of piperazine rings is 1. The first-order chi connectivity index (χ1) is 15.2. The SMILES string of the molecule is C=CC=O.CNc1ccc(SN2CCN(c3cccc(-c4ccccc4)c3)CC2)cc1. The van der Waals surface area contributed by atoms with Crippen molar-refractivity contribution < 1.29 is 4.79 Å². The van der Waals surface area contributed by atoms with Crippen LogP contribution in [0.1, 0.15) is 0 Å². The van der Waals surface area contributed by atoms with Crippen LogP contribution >= 0.6 is 11.9 Å². The summed E-state index contributed by atoms with van der Waals surface area (Å²) in [6, 6.07) is 28.2. The van der Waals surface area contributed by atoms with Gasteiger partial charge in [0, 0.05) is 49.5 Å². The van der Waals surface area contributed by atoms with Crippen LogP contribution in [0.15, 0.2) is 96.4 Å². The molecule has 1 fully saturated rings. The fourth-order valence-corrected chi connectivity index (χ4v) is 4.28. The Bertz CT molecular complexity index is 946. The lowest BCUT2D eigenvalue weighted by Crippen LogP contribution is -2.43. The standard InChI is InChI=1S/C23H25N3S.C3H4O/c1-24-21-10-12-23(13-11-21)27-26-16-14-25(15-17-26)22-9-5-8-20(18-22)19-6-3-2-4-7-19;1-2-3-4/h2-13,18,24H,14-17H2,1H3;2-3H,1H2. The van der Waals surface area contributed by atoms with E-state index in [-0.39, 0.29) is 0 Å². The maximum Gasteiger partial charge on any atom is 0.142 e. The van der Waals surface area contributed by atoms with Crippen molar-refractivity contribution in [1.82, 2.24) is 4.31 Å². The summed E-state index contributed by atoms with van der Waals surface area (Å²) >= 11 is 1.86. The molecule has 0 spiro atoms. The minimum Gasteiger partial charge on any atom is -0.388 e. The maximum atomic E-state index is 9.06. The summed E-state index contributed by atoms with van der Waals surface area (Å²) in [5.41, 5.74) is 5.04. The van der Waals surface area contributed by atoms with Gasteiger partial charge in [0.05, 0.1) is 0 Å². The quantitative estimate of drug-likeness (QED) is 0.312. The molecule has 4 nitrogen and oxygen atoms in total. The van der Waals surface area contributed by atoms with Crippen molar-refractivity contribution in [3.05, 3.63) is 91.5 Å². The van der Waals surface area contributed by atoms with Crippen molar-refractivity contribution in [2.24, 2.45) is 0 Å². The molecule has 5 heteroatoms. The van der Waals surface area contributed by atoms with Crippen LogP contribution in [0.25, 0.3) is 11.1 Å². The number of anilines is 2. The minimum atomic E-state index is 0.639. The van der Waals surface area contributed by atoms with E-state index in [4.69, 9.17) is 4.79 Å². The Kier molecular flexibility index (Phi) is 8.76. The van der Waals surface area contributed by atoms with Gasteiger partial charge in [0.15, 0.2) is 0 Å². The summed E-state index contributed by atoms with van der Waals surface area (Å²) in [4.78, 5) is 12.8. The highest BCUT2D eigenvalue weighted by atomic mass is 32.2. The molecular weight excluding hydrogens is 402 g/mol. The highest BCUT2D eigenvalue weighted by Crippen LogP contribution is 2.28. The Morgan fingerprint density at radius 1 is 0.871 bits per heavy atom. The summed E-state index contributed by atoms with van der Waals surface area (Å²) in [6.07, 6.45) is 1.83. The average molecular weight is 432 g/mol. The number of aldehydes is 1. The number of carbonyl (C=O) groups excluding carboxylic acids is 1. The topological polar surface area (TPSA) is 35.6 Å². The van der Waals surface area contributed by atoms with Gasteiger partial charge in [-0.05, 0) is 65.5 Å². The smallest absolute Gasteiger partial charge is 0.142 e. The predicted octanol–water partition coefficient (Wildman–Crippen LogP) is 5.60. The molecule has 0 aliphatic carbocycles. The Hall–Kier alpha value is -3.02. The largest absolute Gasteiger partial charge is 0.388 e. The lowest BCUT2D eigenvalue weighted by atomic mass is 10.0. The van der Waals surface area contributed by atoms with Crippen LogP contribution in [0.5, 0.6) is 0 Å². The van der Waals surface area contributed by atoms with E-state index < -0.39 is 0 Å². The molecule has 4 rings (SSSR count). The molecule has 1 aliphatic rings. The molecule has 3 aromatic rings. The Balaban J connectivity index is 0.000000628. The molecule has 1 aliphatic heterocycles. The van der Waals surface area contributed by atoms with Gasteiger partial charge in [-0.1, -0.05) is 49.0 Å². The second-order valence-electron chi connectivity index (χ2n) is 7.07. The van der Waals surface area contributed by atoms with Gasteiger partial charge >= 0.3 is 0 Å². The van der Waals surface area contributed by atoms with Gasteiger partial charge in [0.2, 0.25) is 0 Å². The van der Waals surface area contributed by atoms with E-state index in [1.54, 1.807) is 0 Å². The van der Waals surface area contributed by atoms with Crippen molar-refractivity contribution in [3.63, 3.8) is 0 Å². The monoisotopic (exact) mass is 431 g/mol. The third kappa shape index (κ3) is 6.74. The normalized spacial score (nSPS) is 13.6. The van der Waals surface area contributed by atoms with Gasteiger partial charge in [0.25, 0.3) is 0 Å². The fraction of sp³-hybridized carbons (Fsp3) is 0.192. The fourth-order valence-electron chi connectivity index (χ4n) is 3.38. The van der Waals surface area contributed by atoms with Crippen molar-refractivity contribution in [3.8, 4) is 11.1 Å². The van der Waals surface area contributed by atoms with E-state index >= 15 is 0 Å². The van der Waals surface area contributed by atoms with E-state index in [1.807, 2.05) is 19.0 Å². The Labute approximate surface area is 189 Å². The molecule has 0 bridgehead atoms. The van der Waals surface area contributed by atoms with Crippen LogP contribution in [0, 0.1) is 0 Å². The number of carbonyl (C=O) groups is 1. The molecule has 0 aromatic heterocycles. The molecule has 160 valence electrons. The van der Waals surface area contributed by atoms with E-state index in [0.29, 0.717) is 6.29 Å². The molecule has 3 aromatic carbocycles. The lowest BCUT2D eigenvalue weighted by Gasteiger charge is -2.35. The van der Waals surface area contributed by atoms with Crippen LogP contribution in [0.2, 0.25) is 0 Å². The number of nitrogens with one attached hydrogen (secondary N) is 1. The first kappa shape index (κ1) is 22.7. The van der Waals surface area contributed by atoms with Gasteiger partial charge in [-0.25, -0.2) is 4.31 Å². The molecule has 0 atom stereocenters. The molecule has 1 heterocycles. The van der Waals surface area contributed by atoms with Crippen molar-refractivity contribution >= 4 is 29.6 Å². The van der Waals surface area contributed by atoms with Crippen LogP contribution in [0.4, 0.5) is 11.4 Å². The average Bonchev–Trinajstić information content (AvgIpc) is 2.86. The Morgan fingerprint density at radius 2 is 1.52 bits per heavy atom. The molecular formula is C26H29N3OS. The highest BCUT2D eigenvalue weighted by Gasteiger charge is 2.18. The molecule has 0 saturated carbocycles. The second-order valence-corrected chi connectivity index (χ2v) is 8.24. The molecule has 0 unspecified atom stereocenters. The molecule has 1 N–H and O–H groups in total. The van der Waals surface area contributed by atoms with Gasteiger partial charge < -0.3 is 10.2 Å². The van der Waals surface area contributed by atoms with E-state index in [2.05, 4.69) is 100.0 Å². The summed E-state index contributed by atoms with van der Waals surface area (Å²) in [7, 11) is 1.95. The first-order valence-corrected chi connectivity index (χ1v) is 11.2. The van der Waals surface area contributed by atoms with Crippen LogP contribution in [0.3, 0.4) is 0 Å². The van der Waals surface area contributed by atoms with Gasteiger partial charge in [-0.3, -0.25) is 4.79 Å². The number of allylic oxidation sites excluding steroid dienone is 1. The van der Waals surface area contributed by atoms with E-state index in [1.165, 1.54) is 27.8 Å². The third-order valence-electron chi connectivity index (χ3n) is 5.03. The molecule has 0 radical (unpaired) electrons. The number of nitrogens with zero attached hydrogens (tertiary/aromatic N) is 2. The second kappa shape index (κ2) is 12.0. The van der Waals surface area contributed by atoms with Gasteiger partial charge in [0.1, 0.15) is 6.29 Å². The molecule has 0 amide bonds. The number of rotatable bonds is 6. The first-order valence-electron chi connectivity index (χ1n) is 10.4. The van der Waals surface area contributed by atoms with Crippen LogP contribution < -0.4 is 10.2 Å². The number of benzene rings is 3. The summed E-state index contributed by atoms with van der Waals surface area (Å²) < 4.78 is 2.46. The zero-order chi connectivity index (χ0) is 21.9. The highest BCUT2D eigenvalue weighted by molar-refractivity contribution is 7.97. The van der Waals surface area contributed by atoms with Crippen molar-refractivity contribution in [2.75, 3.05) is 43.4 Å². The van der Waals surface area contributed by atoms with E-state index in [9.17, 15) is 0 Å².